The van der Waals surface area contributed by atoms with Crippen LogP contribution in [0, 0.1) is 0 Å². The van der Waals surface area contributed by atoms with Gasteiger partial charge in [0.2, 0.25) is 0 Å². The second-order valence-corrected chi connectivity index (χ2v) is 4.16. The van der Waals surface area contributed by atoms with E-state index in [1.807, 2.05) is 18.2 Å². The maximum Gasteiger partial charge on any atom is 0.0967 e. The van der Waals surface area contributed by atoms with Crippen molar-refractivity contribution < 1.29 is 4.21 Å². The van der Waals surface area contributed by atoms with Crippen molar-refractivity contribution in [2.24, 2.45) is 0 Å². The Bertz CT molecular complexity index is 166. The normalized spacial score (nSPS) is 7.77. The van der Waals surface area contributed by atoms with Crippen molar-refractivity contribution in [2.75, 3.05) is 17.9 Å². The first-order valence-electron chi connectivity index (χ1n) is 3.37. The van der Waals surface area contributed by atoms with Crippen molar-refractivity contribution in [2.45, 2.75) is 0 Å². The molecule has 0 aliphatic carbocycles. The zero-order valence-electron chi connectivity index (χ0n) is 7.61. The van der Waals surface area contributed by atoms with Gasteiger partial charge in [0.05, 0.1) is 5.34 Å². The summed E-state index contributed by atoms with van der Waals surface area (Å²) in [6.07, 6.45) is 6.78. The maximum atomic E-state index is 9.56. The molecule has 0 spiro atoms. The van der Waals surface area contributed by atoms with E-state index in [4.69, 9.17) is 23.2 Å². The second-order valence-electron chi connectivity index (χ2n) is 1.87. The largest absolute Gasteiger partial charge is 0.265 e. The van der Waals surface area contributed by atoms with E-state index < -0.39 is 10.8 Å². The third kappa shape index (κ3) is 33.5. The van der Waals surface area contributed by atoms with E-state index in [1.54, 1.807) is 24.9 Å². The van der Waals surface area contributed by atoms with E-state index in [-0.39, 0.29) is 5.34 Å². The minimum Gasteiger partial charge on any atom is -0.265 e. The summed E-state index contributed by atoms with van der Waals surface area (Å²) in [6, 6.07) is 5.72. The number of aromatic nitrogens is 1. The van der Waals surface area contributed by atoms with Gasteiger partial charge in [-0.2, -0.15) is 0 Å². The lowest BCUT2D eigenvalue weighted by Crippen LogP contribution is -1.70. The lowest BCUT2D eigenvalue weighted by molar-refractivity contribution is 0.690. The molecule has 0 fully saturated rings. The van der Waals surface area contributed by atoms with Crippen molar-refractivity contribution >= 4 is 34.0 Å². The standard InChI is InChI=1S/C5H5N.C2H6OS.CH2Cl2/c1-2-4-6-5-3-1;1-4(2)3;2-1-3/h1-5H;1-2H3;1H2. The van der Waals surface area contributed by atoms with Gasteiger partial charge in [0.25, 0.3) is 0 Å². The van der Waals surface area contributed by atoms with Crippen molar-refractivity contribution in [3.05, 3.63) is 30.6 Å². The van der Waals surface area contributed by atoms with Gasteiger partial charge in [0.1, 0.15) is 0 Å². The van der Waals surface area contributed by atoms with Gasteiger partial charge in [0, 0.05) is 35.7 Å². The van der Waals surface area contributed by atoms with E-state index in [2.05, 4.69) is 4.98 Å². The minimum atomic E-state index is -0.611. The number of hydrogen-bond acceptors (Lipinski definition) is 2. The fourth-order valence-electron chi connectivity index (χ4n) is 0.313. The summed E-state index contributed by atoms with van der Waals surface area (Å²) in [5, 5.41) is 0.194. The van der Waals surface area contributed by atoms with Crippen LogP contribution in [0.5, 0.6) is 0 Å². The Labute approximate surface area is 91.7 Å². The third-order valence-electron chi connectivity index (χ3n) is 0.566. The smallest absolute Gasteiger partial charge is 0.0967 e. The molecule has 0 N–H and O–H groups in total. The van der Waals surface area contributed by atoms with Crippen LogP contribution in [0.3, 0.4) is 0 Å². The van der Waals surface area contributed by atoms with Crippen LogP contribution in [0.25, 0.3) is 0 Å². The van der Waals surface area contributed by atoms with Crippen LogP contribution in [0.15, 0.2) is 30.6 Å². The zero-order chi connectivity index (χ0) is 10.5. The highest BCUT2D eigenvalue weighted by Crippen LogP contribution is 1.73. The molecule has 76 valence electrons. The molecule has 2 nitrogen and oxygen atoms in total. The van der Waals surface area contributed by atoms with E-state index in [9.17, 15) is 4.21 Å². The molecule has 1 heterocycles. The van der Waals surface area contributed by atoms with Crippen LogP contribution in [0.2, 0.25) is 0 Å². The monoisotopic (exact) mass is 241 g/mol. The van der Waals surface area contributed by atoms with Gasteiger partial charge < -0.3 is 0 Å². The first-order chi connectivity index (χ1) is 6.15. The number of pyridine rings is 1. The molecular formula is C8H13Cl2NOS. The molecule has 1 aromatic rings. The fourth-order valence-corrected chi connectivity index (χ4v) is 0.313. The van der Waals surface area contributed by atoms with E-state index in [0.717, 1.165) is 0 Å². The van der Waals surface area contributed by atoms with Gasteiger partial charge in [-0.05, 0) is 12.1 Å². The Morgan fingerprint density at radius 2 is 1.46 bits per heavy atom. The highest BCUT2D eigenvalue weighted by atomic mass is 35.5. The summed E-state index contributed by atoms with van der Waals surface area (Å²) in [4.78, 5) is 3.78. The molecule has 0 saturated heterocycles. The summed E-state index contributed by atoms with van der Waals surface area (Å²) in [5.41, 5.74) is 0. The van der Waals surface area contributed by atoms with Gasteiger partial charge in [-0.1, -0.05) is 6.07 Å². The Kier molecular flexibility index (Phi) is 17.0. The summed E-state index contributed by atoms with van der Waals surface area (Å²) in [7, 11) is -0.611. The highest BCUT2D eigenvalue weighted by Gasteiger charge is 1.58. The molecule has 0 saturated carbocycles. The first-order valence-corrected chi connectivity index (χ1v) is 6.40. The lowest BCUT2D eigenvalue weighted by Gasteiger charge is -1.70. The summed E-state index contributed by atoms with van der Waals surface area (Å²) in [6.45, 7) is 0. The number of halogens is 2. The minimum absolute atomic E-state index is 0.194. The molecule has 1 rings (SSSR count). The van der Waals surface area contributed by atoms with Crippen LogP contribution >= 0.6 is 23.2 Å². The van der Waals surface area contributed by atoms with Crippen molar-refractivity contribution in [3.63, 3.8) is 0 Å². The van der Waals surface area contributed by atoms with Crippen LogP contribution in [-0.4, -0.2) is 27.0 Å². The van der Waals surface area contributed by atoms with Crippen molar-refractivity contribution in [1.82, 2.24) is 4.98 Å². The average molecular weight is 242 g/mol. The molecule has 0 aromatic carbocycles. The van der Waals surface area contributed by atoms with Gasteiger partial charge in [-0.15, -0.1) is 23.2 Å². The van der Waals surface area contributed by atoms with Gasteiger partial charge in [-0.25, -0.2) is 0 Å². The van der Waals surface area contributed by atoms with Crippen molar-refractivity contribution in [3.8, 4) is 0 Å². The van der Waals surface area contributed by atoms with Crippen LogP contribution in [-0.2, 0) is 10.8 Å². The van der Waals surface area contributed by atoms with Gasteiger partial charge in [-0.3, -0.25) is 9.19 Å². The molecule has 0 radical (unpaired) electrons. The molecule has 0 atom stereocenters. The molecule has 0 aliphatic heterocycles. The maximum absolute atomic E-state index is 9.56. The fraction of sp³-hybridized carbons (Fsp3) is 0.375. The predicted molar refractivity (Wildman–Crippen MR) is 60.8 cm³/mol. The number of nitrogens with zero attached hydrogens (tertiary/aromatic N) is 1. The number of hydrogen-bond donors (Lipinski definition) is 0. The molecular weight excluding hydrogens is 229 g/mol. The van der Waals surface area contributed by atoms with Gasteiger partial charge in [0.15, 0.2) is 0 Å². The van der Waals surface area contributed by atoms with E-state index >= 15 is 0 Å². The summed E-state index contributed by atoms with van der Waals surface area (Å²) in [5.74, 6) is 0. The molecule has 0 aliphatic rings. The Morgan fingerprint density at radius 1 is 1.15 bits per heavy atom. The molecule has 0 unspecified atom stereocenters. The number of alkyl halides is 2. The predicted octanol–water partition coefficient (Wildman–Crippen LogP) is 2.50. The molecule has 1 aromatic heterocycles. The van der Waals surface area contributed by atoms with Crippen LogP contribution in [0.4, 0.5) is 0 Å². The van der Waals surface area contributed by atoms with E-state index in [0.29, 0.717) is 0 Å². The first kappa shape index (κ1) is 15.4. The average Bonchev–Trinajstić information content (AvgIpc) is 2.08. The van der Waals surface area contributed by atoms with E-state index in [1.165, 1.54) is 0 Å². The topological polar surface area (TPSA) is 30.0 Å². The second kappa shape index (κ2) is 14.4. The zero-order valence-corrected chi connectivity index (χ0v) is 9.94. The SMILES string of the molecule is CS(C)=O.ClCCl.c1ccncc1. The molecule has 13 heavy (non-hydrogen) atoms. The highest BCUT2D eigenvalue weighted by molar-refractivity contribution is 7.83. The number of rotatable bonds is 0. The Morgan fingerprint density at radius 3 is 1.54 bits per heavy atom. The quantitative estimate of drug-likeness (QED) is 0.654. The molecule has 5 heteroatoms. The molecule has 0 amide bonds. The van der Waals surface area contributed by atoms with Crippen molar-refractivity contribution in [1.29, 1.82) is 0 Å². The van der Waals surface area contributed by atoms with Crippen LogP contribution in [0.1, 0.15) is 0 Å². The Balaban J connectivity index is 0. The lowest BCUT2D eigenvalue weighted by atomic mass is 10.5. The summed E-state index contributed by atoms with van der Waals surface area (Å²) >= 11 is 9.53. The van der Waals surface area contributed by atoms with Crippen LogP contribution < -0.4 is 0 Å². The van der Waals surface area contributed by atoms with Gasteiger partial charge >= 0.3 is 0 Å². The molecule has 0 bridgehead atoms. The Hall–Kier alpha value is -0.120. The third-order valence-corrected chi connectivity index (χ3v) is 0.566. The summed E-state index contributed by atoms with van der Waals surface area (Å²) < 4.78 is 9.56.